The zero-order valence-corrected chi connectivity index (χ0v) is 10.4. The van der Waals surface area contributed by atoms with Gasteiger partial charge in [-0.05, 0) is 20.3 Å². The van der Waals surface area contributed by atoms with E-state index < -0.39 is 0 Å². The minimum atomic E-state index is 0.214. The molecule has 0 saturated carbocycles. The lowest BCUT2D eigenvalue weighted by atomic mass is 10.0. The number of hydrogen-bond acceptors (Lipinski definition) is 3. The molecule has 0 bridgehead atoms. The molecule has 1 aliphatic heterocycles. The van der Waals surface area contributed by atoms with Gasteiger partial charge in [-0.25, -0.2) is 0 Å². The minimum Gasteiger partial charge on any atom is -0.374 e. The molecule has 0 aromatic heterocycles. The zero-order valence-electron chi connectivity index (χ0n) is 10.4. The number of morpholine rings is 1. The topological polar surface area (TPSA) is 38.5 Å². The summed E-state index contributed by atoms with van der Waals surface area (Å²) in [7, 11) is 0. The average Bonchev–Trinajstić information content (AvgIpc) is 2.26. The van der Waals surface area contributed by atoms with Gasteiger partial charge in [-0.3, -0.25) is 4.90 Å². The summed E-state index contributed by atoms with van der Waals surface area (Å²) in [6, 6.07) is 0.821. The van der Waals surface area contributed by atoms with Crippen molar-refractivity contribution in [2.24, 2.45) is 5.73 Å². The second-order valence-electron chi connectivity index (χ2n) is 4.80. The summed E-state index contributed by atoms with van der Waals surface area (Å²) in [4.78, 5) is 2.46. The highest BCUT2D eigenvalue weighted by molar-refractivity contribution is 4.81. The maximum atomic E-state index is 6.15. The molecule has 1 rings (SSSR count). The van der Waals surface area contributed by atoms with Gasteiger partial charge in [0, 0.05) is 25.2 Å². The van der Waals surface area contributed by atoms with Crippen LogP contribution >= 0.6 is 0 Å². The Balaban J connectivity index is 2.34. The first-order valence-corrected chi connectivity index (χ1v) is 6.26. The molecule has 2 unspecified atom stereocenters. The van der Waals surface area contributed by atoms with Crippen molar-refractivity contribution in [3.63, 3.8) is 0 Å². The fraction of sp³-hybridized carbons (Fsp3) is 1.00. The Hall–Kier alpha value is -0.120. The Bertz CT molecular complexity index is 173. The highest BCUT2D eigenvalue weighted by Crippen LogP contribution is 2.13. The van der Waals surface area contributed by atoms with Crippen LogP contribution in [0.5, 0.6) is 0 Å². The van der Waals surface area contributed by atoms with Crippen LogP contribution in [-0.2, 0) is 4.74 Å². The molecule has 0 aliphatic carbocycles. The third-order valence-corrected chi connectivity index (χ3v) is 3.22. The van der Waals surface area contributed by atoms with Gasteiger partial charge in [0.25, 0.3) is 0 Å². The molecule has 1 saturated heterocycles. The smallest absolute Gasteiger partial charge is 0.0853 e. The Labute approximate surface area is 94.0 Å². The van der Waals surface area contributed by atoms with Gasteiger partial charge < -0.3 is 10.5 Å². The number of rotatable bonds is 5. The first-order valence-electron chi connectivity index (χ1n) is 6.26. The number of unbranched alkanes of at least 4 members (excludes halogenated alkanes) is 1. The number of nitrogens with two attached hydrogens (primary N) is 1. The molecule has 2 N–H and O–H groups in total. The van der Waals surface area contributed by atoms with E-state index in [0.717, 1.165) is 26.1 Å². The van der Waals surface area contributed by atoms with E-state index in [-0.39, 0.29) is 12.1 Å². The van der Waals surface area contributed by atoms with Crippen LogP contribution in [0.15, 0.2) is 0 Å². The van der Waals surface area contributed by atoms with Crippen LogP contribution in [0.2, 0.25) is 0 Å². The van der Waals surface area contributed by atoms with Gasteiger partial charge in [-0.1, -0.05) is 19.8 Å². The lowest BCUT2D eigenvalue weighted by Gasteiger charge is -2.37. The van der Waals surface area contributed by atoms with Crippen LogP contribution in [-0.4, -0.2) is 42.8 Å². The number of ether oxygens (including phenoxy) is 1. The lowest BCUT2D eigenvalue weighted by molar-refractivity contribution is -0.0508. The molecular weight excluding hydrogens is 188 g/mol. The van der Waals surface area contributed by atoms with Gasteiger partial charge in [0.05, 0.1) is 12.7 Å². The molecule has 3 heteroatoms. The first kappa shape index (κ1) is 12.9. The summed E-state index contributed by atoms with van der Waals surface area (Å²) in [6.45, 7) is 9.56. The summed E-state index contributed by atoms with van der Waals surface area (Å²) in [5, 5.41) is 0. The Morgan fingerprint density at radius 1 is 1.47 bits per heavy atom. The van der Waals surface area contributed by atoms with E-state index in [1.165, 1.54) is 12.8 Å². The average molecular weight is 214 g/mol. The van der Waals surface area contributed by atoms with E-state index >= 15 is 0 Å². The quantitative estimate of drug-likeness (QED) is 0.755. The van der Waals surface area contributed by atoms with Crippen molar-refractivity contribution in [1.82, 2.24) is 4.90 Å². The maximum Gasteiger partial charge on any atom is 0.0853 e. The molecule has 15 heavy (non-hydrogen) atoms. The van der Waals surface area contributed by atoms with Gasteiger partial charge >= 0.3 is 0 Å². The van der Waals surface area contributed by atoms with Crippen molar-refractivity contribution in [2.45, 2.75) is 58.2 Å². The monoisotopic (exact) mass is 214 g/mol. The molecule has 90 valence electrons. The van der Waals surface area contributed by atoms with Crippen LogP contribution in [0.1, 0.15) is 40.0 Å². The Morgan fingerprint density at radius 2 is 2.20 bits per heavy atom. The first-order chi connectivity index (χ1) is 7.15. The van der Waals surface area contributed by atoms with E-state index in [0.29, 0.717) is 6.04 Å². The SMILES string of the molecule is CCCCC(N)C1CN(C(C)C)CCO1. The summed E-state index contributed by atoms with van der Waals surface area (Å²) >= 11 is 0. The largest absolute Gasteiger partial charge is 0.374 e. The van der Waals surface area contributed by atoms with E-state index in [4.69, 9.17) is 10.5 Å². The Morgan fingerprint density at radius 3 is 2.80 bits per heavy atom. The highest BCUT2D eigenvalue weighted by Gasteiger charge is 2.26. The van der Waals surface area contributed by atoms with Crippen molar-refractivity contribution >= 4 is 0 Å². The van der Waals surface area contributed by atoms with Crippen molar-refractivity contribution in [2.75, 3.05) is 19.7 Å². The summed E-state index contributed by atoms with van der Waals surface area (Å²) < 4.78 is 5.75. The molecule has 3 nitrogen and oxygen atoms in total. The van der Waals surface area contributed by atoms with Crippen molar-refractivity contribution < 1.29 is 4.74 Å². The molecule has 0 aromatic carbocycles. The minimum absolute atomic E-state index is 0.214. The molecular formula is C12H26N2O. The molecule has 0 spiro atoms. The van der Waals surface area contributed by atoms with E-state index in [1.54, 1.807) is 0 Å². The number of nitrogens with zero attached hydrogens (tertiary/aromatic N) is 1. The standard InChI is InChI=1S/C12H26N2O/c1-4-5-6-11(13)12-9-14(10(2)3)7-8-15-12/h10-12H,4-9,13H2,1-3H3. The van der Waals surface area contributed by atoms with E-state index in [1.807, 2.05) is 0 Å². The van der Waals surface area contributed by atoms with Crippen molar-refractivity contribution in [3.8, 4) is 0 Å². The van der Waals surface area contributed by atoms with Crippen LogP contribution in [0, 0.1) is 0 Å². The molecule has 1 fully saturated rings. The lowest BCUT2D eigenvalue weighted by Crippen LogP contribution is -2.52. The predicted octanol–water partition coefficient (Wildman–Crippen LogP) is 1.61. The van der Waals surface area contributed by atoms with Crippen molar-refractivity contribution in [3.05, 3.63) is 0 Å². The maximum absolute atomic E-state index is 6.15. The van der Waals surface area contributed by atoms with Crippen LogP contribution in [0.3, 0.4) is 0 Å². The second kappa shape index (κ2) is 6.46. The molecule has 1 heterocycles. The fourth-order valence-electron chi connectivity index (χ4n) is 2.05. The van der Waals surface area contributed by atoms with Crippen molar-refractivity contribution in [1.29, 1.82) is 0 Å². The van der Waals surface area contributed by atoms with Gasteiger partial charge in [-0.2, -0.15) is 0 Å². The second-order valence-corrected chi connectivity index (χ2v) is 4.80. The van der Waals surface area contributed by atoms with Crippen LogP contribution < -0.4 is 5.73 Å². The molecule has 2 atom stereocenters. The highest BCUT2D eigenvalue weighted by atomic mass is 16.5. The number of hydrogen-bond donors (Lipinski definition) is 1. The van der Waals surface area contributed by atoms with Gasteiger partial charge in [0.2, 0.25) is 0 Å². The summed E-state index contributed by atoms with van der Waals surface area (Å²) in [5.41, 5.74) is 6.15. The molecule has 0 aromatic rings. The third kappa shape index (κ3) is 4.09. The van der Waals surface area contributed by atoms with Crippen LogP contribution in [0.4, 0.5) is 0 Å². The van der Waals surface area contributed by atoms with E-state index in [2.05, 4.69) is 25.7 Å². The summed E-state index contributed by atoms with van der Waals surface area (Å²) in [5.74, 6) is 0. The van der Waals surface area contributed by atoms with Crippen LogP contribution in [0.25, 0.3) is 0 Å². The Kier molecular flexibility index (Phi) is 5.58. The van der Waals surface area contributed by atoms with Gasteiger partial charge in [0.1, 0.15) is 0 Å². The molecule has 0 amide bonds. The van der Waals surface area contributed by atoms with Gasteiger partial charge in [0.15, 0.2) is 0 Å². The van der Waals surface area contributed by atoms with Gasteiger partial charge in [-0.15, -0.1) is 0 Å². The third-order valence-electron chi connectivity index (χ3n) is 3.22. The fourth-order valence-corrected chi connectivity index (χ4v) is 2.05. The predicted molar refractivity (Wildman–Crippen MR) is 63.9 cm³/mol. The molecule has 0 radical (unpaired) electrons. The van der Waals surface area contributed by atoms with E-state index in [9.17, 15) is 0 Å². The normalized spacial score (nSPS) is 25.8. The molecule has 1 aliphatic rings. The zero-order chi connectivity index (χ0) is 11.3. The summed E-state index contributed by atoms with van der Waals surface area (Å²) in [6.07, 6.45) is 3.76.